The highest BCUT2D eigenvalue weighted by Gasteiger charge is 2.08. The van der Waals surface area contributed by atoms with Crippen molar-refractivity contribution in [2.24, 2.45) is 0 Å². The molecule has 1 aromatic heterocycles. The maximum absolute atomic E-state index is 11.5. The van der Waals surface area contributed by atoms with E-state index in [4.69, 9.17) is 11.6 Å². The van der Waals surface area contributed by atoms with E-state index in [1.807, 2.05) is 6.07 Å². The van der Waals surface area contributed by atoms with Crippen molar-refractivity contribution >= 4 is 39.2 Å². The average molecular weight is 356 g/mol. The molecule has 104 valence electrons. The number of hydrogen-bond acceptors (Lipinski definition) is 4. The number of benzene rings is 1. The van der Waals surface area contributed by atoms with Gasteiger partial charge in [-0.15, -0.1) is 0 Å². The summed E-state index contributed by atoms with van der Waals surface area (Å²) in [6.45, 7) is 0.552. The lowest BCUT2D eigenvalue weighted by atomic mass is 10.2. The van der Waals surface area contributed by atoms with Crippen LogP contribution in [0.3, 0.4) is 0 Å². The van der Waals surface area contributed by atoms with Crippen LogP contribution in [0.25, 0.3) is 0 Å². The largest absolute Gasteiger partial charge is 0.465 e. The SMILES string of the molecule is COC(=O)c1ccc(Cl)c(NCc2cncc(Br)c2)c1. The standard InChI is InChI=1S/C14H12BrClN2O2/c1-20-14(19)10-2-3-12(16)13(5-10)18-7-9-4-11(15)8-17-6-9/h2-6,8,18H,7H2,1H3. The number of anilines is 1. The van der Waals surface area contributed by atoms with Crippen LogP contribution < -0.4 is 5.32 Å². The van der Waals surface area contributed by atoms with Gasteiger partial charge in [-0.2, -0.15) is 0 Å². The molecule has 2 aromatic rings. The summed E-state index contributed by atoms with van der Waals surface area (Å²) in [5, 5.41) is 3.72. The molecule has 1 N–H and O–H groups in total. The molecular formula is C14H12BrClN2O2. The van der Waals surface area contributed by atoms with Crippen molar-refractivity contribution in [2.75, 3.05) is 12.4 Å². The van der Waals surface area contributed by atoms with Crippen LogP contribution in [-0.4, -0.2) is 18.1 Å². The molecule has 0 aliphatic rings. The highest BCUT2D eigenvalue weighted by Crippen LogP contribution is 2.24. The Labute approximate surface area is 130 Å². The van der Waals surface area contributed by atoms with Gasteiger partial charge in [0.25, 0.3) is 0 Å². The molecule has 0 aliphatic carbocycles. The van der Waals surface area contributed by atoms with Crippen molar-refractivity contribution < 1.29 is 9.53 Å². The third-order valence-corrected chi connectivity index (χ3v) is 3.40. The zero-order chi connectivity index (χ0) is 14.5. The lowest BCUT2D eigenvalue weighted by molar-refractivity contribution is 0.0601. The van der Waals surface area contributed by atoms with Gasteiger partial charge in [0.15, 0.2) is 0 Å². The van der Waals surface area contributed by atoms with Gasteiger partial charge in [-0.1, -0.05) is 11.6 Å². The van der Waals surface area contributed by atoms with E-state index in [0.29, 0.717) is 22.8 Å². The summed E-state index contributed by atoms with van der Waals surface area (Å²) in [5.74, 6) is -0.395. The van der Waals surface area contributed by atoms with Crippen LogP contribution in [0.4, 0.5) is 5.69 Å². The lowest BCUT2D eigenvalue weighted by Crippen LogP contribution is -2.04. The molecule has 0 saturated heterocycles. The second-order valence-electron chi connectivity index (χ2n) is 4.05. The Hall–Kier alpha value is -1.59. The molecule has 0 unspecified atom stereocenters. The van der Waals surface area contributed by atoms with Crippen molar-refractivity contribution in [2.45, 2.75) is 6.54 Å². The van der Waals surface area contributed by atoms with Gasteiger partial charge in [-0.05, 0) is 45.8 Å². The molecule has 0 fully saturated rings. The number of methoxy groups -OCH3 is 1. The number of esters is 1. The molecule has 1 heterocycles. The first-order valence-electron chi connectivity index (χ1n) is 5.81. The maximum atomic E-state index is 11.5. The first-order valence-corrected chi connectivity index (χ1v) is 6.98. The summed E-state index contributed by atoms with van der Waals surface area (Å²) in [6, 6.07) is 6.91. The minimum atomic E-state index is -0.395. The van der Waals surface area contributed by atoms with Crippen molar-refractivity contribution in [3.63, 3.8) is 0 Å². The average Bonchev–Trinajstić information content (AvgIpc) is 2.45. The number of carbonyl (C=O) groups excluding carboxylic acids is 1. The van der Waals surface area contributed by atoms with Gasteiger partial charge >= 0.3 is 5.97 Å². The molecule has 0 radical (unpaired) electrons. The van der Waals surface area contributed by atoms with Crippen LogP contribution in [-0.2, 0) is 11.3 Å². The van der Waals surface area contributed by atoms with Crippen LogP contribution in [0.2, 0.25) is 5.02 Å². The van der Waals surface area contributed by atoms with E-state index in [1.165, 1.54) is 7.11 Å². The van der Waals surface area contributed by atoms with Gasteiger partial charge in [0.2, 0.25) is 0 Å². The van der Waals surface area contributed by atoms with Crippen LogP contribution in [0, 0.1) is 0 Å². The summed E-state index contributed by atoms with van der Waals surface area (Å²) in [4.78, 5) is 15.6. The van der Waals surface area contributed by atoms with Crippen molar-refractivity contribution in [3.05, 3.63) is 57.3 Å². The first-order chi connectivity index (χ1) is 9.60. The molecule has 2 rings (SSSR count). The highest BCUT2D eigenvalue weighted by molar-refractivity contribution is 9.10. The van der Waals surface area contributed by atoms with Crippen molar-refractivity contribution in [1.82, 2.24) is 4.98 Å². The monoisotopic (exact) mass is 354 g/mol. The number of nitrogens with one attached hydrogen (secondary N) is 1. The second-order valence-corrected chi connectivity index (χ2v) is 5.37. The number of hydrogen-bond donors (Lipinski definition) is 1. The zero-order valence-corrected chi connectivity index (χ0v) is 13.0. The predicted molar refractivity (Wildman–Crippen MR) is 82.1 cm³/mol. The Morgan fingerprint density at radius 3 is 2.90 bits per heavy atom. The highest BCUT2D eigenvalue weighted by atomic mass is 79.9. The summed E-state index contributed by atoms with van der Waals surface area (Å²) < 4.78 is 5.59. The van der Waals surface area contributed by atoms with Crippen LogP contribution >= 0.6 is 27.5 Å². The Balaban J connectivity index is 2.14. The smallest absolute Gasteiger partial charge is 0.337 e. The fourth-order valence-electron chi connectivity index (χ4n) is 1.66. The van der Waals surface area contributed by atoms with Gasteiger partial charge in [0.1, 0.15) is 0 Å². The normalized spacial score (nSPS) is 10.2. The molecule has 1 aromatic carbocycles. The number of pyridine rings is 1. The van der Waals surface area contributed by atoms with Gasteiger partial charge in [-0.25, -0.2) is 4.79 Å². The number of rotatable bonds is 4. The van der Waals surface area contributed by atoms with E-state index in [9.17, 15) is 4.79 Å². The van der Waals surface area contributed by atoms with E-state index >= 15 is 0 Å². The molecule has 0 atom stereocenters. The minimum Gasteiger partial charge on any atom is -0.465 e. The quantitative estimate of drug-likeness (QED) is 0.845. The summed E-state index contributed by atoms with van der Waals surface area (Å²) in [6.07, 6.45) is 3.48. The Morgan fingerprint density at radius 2 is 2.20 bits per heavy atom. The Kier molecular flexibility index (Phi) is 4.98. The van der Waals surface area contributed by atoms with Gasteiger partial charge < -0.3 is 10.1 Å². The third kappa shape index (κ3) is 3.71. The van der Waals surface area contributed by atoms with Gasteiger partial charge in [0, 0.05) is 23.4 Å². The molecule has 0 aliphatic heterocycles. The fraction of sp³-hybridized carbons (Fsp3) is 0.143. The molecule has 0 spiro atoms. The van der Waals surface area contributed by atoms with Crippen molar-refractivity contribution in [3.8, 4) is 0 Å². The van der Waals surface area contributed by atoms with Crippen LogP contribution in [0.5, 0.6) is 0 Å². The summed E-state index contributed by atoms with van der Waals surface area (Å²) in [7, 11) is 1.34. The fourth-order valence-corrected chi connectivity index (χ4v) is 2.25. The van der Waals surface area contributed by atoms with Gasteiger partial charge in [0.05, 0.1) is 23.4 Å². The number of aromatic nitrogens is 1. The Bertz CT molecular complexity index is 634. The molecular weight excluding hydrogens is 344 g/mol. The lowest BCUT2D eigenvalue weighted by Gasteiger charge is -2.10. The summed E-state index contributed by atoms with van der Waals surface area (Å²) >= 11 is 9.47. The van der Waals surface area contributed by atoms with Gasteiger partial charge in [-0.3, -0.25) is 4.98 Å². The number of nitrogens with zero attached hydrogens (tertiary/aromatic N) is 1. The van der Waals surface area contributed by atoms with E-state index in [-0.39, 0.29) is 0 Å². The number of ether oxygens (including phenoxy) is 1. The third-order valence-electron chi connectivity index (χ3n) is 2.63. The van der Waals surface area contributed by atoms with E-state index in [0.717, 1.165) is 10.0 Å². The first kappa shape index (κ1) is 14.8. The van der Waals surface area contributed by atoms with E-state index < -0.39 is 5.97 Å². The number of halogens is 2. The van der Waals surface area contributed by atoms with Crippen LogP contribution in [0.1, 0.15) is 15.9 Å². The molecule has 6 heteroatoms. The molecule has 0 saturated carbocycles. The van der Waals surface area contributed by atoms with E-state index in [2.05, 4.69) is 31.0 Å². The molecule has 4 nitrogen and oxygen atoms in total. The number of carbonyl (C=O) groups is 1. The summed E-state index contributed by atoms with van der Waals surface area (Å²) in [5.41, 5.74) is 2.13. The van der Waals surface area contributed by atoms with Crippen LogP contribution in [0.15, 0.2) is 41.1 Å². The minimum absolute atomic E-state index is 0.395. The zero-order valence-electron chi connectivity index (χ0n) is 10.7. The molecule has 0 amide bonds. The van der Waals surface area contributed by atoms with E-state index in [1.54, 1.807) is 30.6 Å². The topological polar surface area (TPSA) is 51.2 Å². The maximum Gasteiger partial charge on any atom is 0.337 e. The molecule has 20 heavy (non-hydrogen) atoms. The second kappa shape index (κ2) is 6.72. The van der Waals surface area contributed by atoms with Crippen molar-refractivity contribution in [1.29, 1.82) is 0 Å². The Morgan fingerprint density at radius 1 is 1.40 bits per heavy atom. The predicted octanol–water partition coefficient (Wildman–Crippen LogP) is 3.90. The molecule has 0 bridgehead atoms.